The molecular weight excluding hydrogens is 205 g/mol. The van der Waals surface area contributed by atoms with Crippen LogP contribution in [0.5, 0.6) is 0 Å². The Hall–Kier alpha value is 1.02. The fourth-order valence-corrected chi connectivity index (χ4v) is 0.621. The Morgan fingerprint density at radius 3 is 1.80 bits per heavy atom. The maximum atomic E-state index is 5.07. The van der Waals surface area contributed by atoms with Crippen molar-refractivity contribution in [3.63, 3.8) is 0 Å². The topological polar surface area (TPSA) is 18.5 Å². The number of hydrogen-bond acceptors (Lipinski definition) is 2. The summed E-state index contributed by atoms with van der Waals surface area (Å²) in [5.74, 6) is -0.422. The maximum Gasteiger partial charge on any atom is 0.138 e. The molecule has 0 saturated heterocycles. The van der Waals surface area contributed by atoms with Crippen molar-refractivity contribution in [2.75, 3.05) is 14.2 Å². The molecule has 0 amide bonds. The molecule has 0 aromatic carbocycles. The zero-order valence-corrected chi connectivity index (χ0v) is 10.0. The molecule has 59 valence electrons. The average molecular weight is 220 g/mol. The molecule has 0 N–H and O–H groups in total. The predicted octanol–water partition coefficient (Wildman–Crippen LogP) is 1.61. The average Bonchev–Trinajstić information content (AvgIpc) is 1.89. The van der Waals surface area contributed by atoms with Gasteiger partial charge in [-0.1, -0.05) is 0 Å². The van der Waals surface area contributed by atoms with Gasteiger partial charge in [0.1, 0.15) is 5.79 Å². The molecule has 3 heteroatoms. The van der Waals surface area contributed by atoms with Crippen LogP contribution >= 0.6 is 0 Å². The van der Waals surface area contributed by atoms with Gasteiger partial charge in [-0.2, -0.15) is 6.92 Å². The number of methoxy groups -OCH3 is 2. The van der Waals surface area contributed by atoms with Gasteiger partial charge in [-0.25, -0.2) is 0 Å². The molecule has 2 nitrogen and oxygen atoms in total. The quantitative estimate of drug-likeness (QED) is 0.529. The van der Waals surface area contributed by atoms with Gasteiger partial charge >= 0.3 is 0 Å². The predicted molar refractivity (Wildman–Crippen MR) is 37.0 cm³/mol. The third-order valence-electron chi connectivity index (χ3n) is 1.44. The van der Waals surface area contributed by atoms with E-state index in [4.69, 9.17) is 9.47 Å². The fraction of sp³-hybridized carbons (Fsp3) is 0.857. The summed E-state index contributed by atoms with van der Waals surface area (Å²) in [5, 5.41) is 0. The first-order valence-electron chi connectivity index (χ1n) is 3.06. The van der Waals surface area contributed by atoms with Crippen molar-refractivity contribution >= 4 is 0 Å². The Morgan fingerprint density at radius 1 is 1.30 bits per heavy atom. The van der Waals surface area contributed by atoms with Gasteiger partial charge in [-0.3, -0.25) is 0 Å². The zero-order valence-electron chi connectivity index (χ0n) is 7.18. The third-order valence-corrected chi connectivity index (χ3v) is 1.44. The minimum atomic E-state index is -0.422. The largest absolute Gasteiger partial charge is 0.356 e. The molecule has 0 aliphatic rings. The first-order chi connectivity index (χ1) is 4.18. The van der Waals surface area contributed by atoms with E-state index in [9.17, 15) is 0 Å². The monoisotopic (exact) mass is 220 g/mol. The molecule has 0 aromatic rings. The van der Waals surface area contributed by atoms with Gasteiger partial charge in [0.05, 0.1) is 0 Å². The van der Waals surface area contributed by atoms with Crippen molar-refractivity contribution in [3.05, 3.63) is 6.42 Å². The SMILES string of the molecule is C[CH-]CC(C)(OC)OC.[Y]. The van der Waals surface area contributed by atoms with Crippen LogP contribution in [-0.4, -0.2) is 20.0 Å². The summed E-state index contributed by atoms with van der Waals surface area (Å²) in [6.45, 7) is 3.89. The minimum absolute atomic E-state index is 0. The molecule has 0 rings (SSSR count). The van der Waals surface area contributed by atoms with Crippen molar-refractivity contribution in [1.29, 1.82) is 0 Å². The molecule has 0 bridgehead atoms. The second-order valence-electron chi connectivity index (χ2n) is 2.15. The molecular formula is C7H15O2Y-. The van der Waals surface area contributed by atoms with E-state index in [1.807, 2.05) is 20.3 Å². The molecule has 0 unspecified atom stereocenters. The summed E-state index contributed by atoms with van der Waals surface area (Å²) < 4.78 is 10.1. The van der Waals surface area contributed by atoms with Crippen LogP contribution in [0.15, 0.2) is 0 Å². The van der Waals surface area contributed by atoms with E-state index in [1.54, 1.807) is 14.2 Å². The van der Waals surface area contributed by atoms with Crippen molar-refractivity contribution in [1.82, 2.24) is 0 Å². The maximum absolute atomic E-state index is 5.07. The number of hydrogen-bond donors (Lipinski definition) is 0. The second-order valence-corrected chi connectivity index (χ2v) is 2.15. The van der Waals surface area contributed by atoms with Gasteiger partial charge in [-0.15, -0.1) is 6.42 Å². The van der Waals surface area contributed by atoms with Gasteiger partial charge < -0.3 is 15.9 Å². The second kappa shape index (κ2) is 6.72. The Morgan fingerprint density at radius 2 is 1.70 bits per heavy atom. The van der Waals surface area contributed by atoms with Crippen molar-refractivity contribution in [2.24, 2.45) is 0 Å². The Bertz CT molecular complexity index is 72.0. The summed E-state index contributed by atoms with van der Waals surface area (Å²) in [7, 11) is 3.29. The van der Waals surface area contributed by atoms with Gasteiger partial charge in [-0.05, 0) is 6.92 Å². The van der Waals surface area contributed by atoms with Gasteiger partial charge in [0.15, 0.2) is 0 Å². The van der Waals surface area contributed by atoms with Crippen LogP contribution in [0, 0.1) is 6.42 Å². The van der Waals surface area contributed by atoms with E-state index in [0.717, 1.165) is 6.42 Å². The van der Waals surface area contributed by atoms with Crippen LogP contribution in [0.1, 0.15) is 20.3 Å². The molecule has 0 fully saturated rings. The normalized spacial score (nSPS) is 10.8. The van der Waals surface area contributed by atoms with Crippen LogP contribution in [0.25, 0.3) is 0 Å². The van der Waals surface area contributed by atoms with Gasteiger partial charge in [0.2, 0.25) is 0 Å². The van der Waals surface area contributed by atoms with Crippen LogP contribution < -0.4 is 0 Å². The van der Waals surface area contributed by atoms with E-state index in [2.05, 4.69) is 0 Å². The molecule has 0 spiro atoms. The van der Waals surface area contributed by atoms with E-state index in [1.165, 1.54) is 0 Å². The molecule has 0 heterocycles. The van der Waals surface area contributed by atoms with Crippen LogP contribution in [0.2, 0.25) is 0 Å². The van der Waals surface area contributed by atoms with E-state index in [-0.39, 0.29) is 32.7 Å². The summed E-state index contributed by atoms with van der Waals surface area (Å²) in [5.41, 5.74) is 0. The summed E-state index contributed by atoms with van der Waals surface area (Å²) >= 11 is 0. The number of ether oxygens (including phenoxy) is 2. The molecule has 10 heavy (non-hydrogen) atoms. The van der Waals surface area contributed by atoms with Crippen molar-refractivity contribution < 1.29 is 42.2 Å². The zero-order chi connectivity index (χ0) is 7.33. The molecule has 0 atom stereocenters. The number of rotatable bonds is 4. The molecule has 0 aliphatic heterocycles. The van der Waals surface area contributed by atoms with Crippen LogP contribution in [-0.2, 0) is 42.2 Å². The fourth-order valence-electron chi connectivity index (χ4n) is 0.621. The Labute approximate surface area is 88.5 Å². The van der Waals surface area contributed by atoms with Gasteiger partial charge in [0, 0.05) is 46.9 Å². The minimum Gasteiger partial charge on any atom is -0.356 e. The van der Waals surface area contributed by atoms with Crippen LogP contribution in [0.3, 0.4) is 0 Å². The van der Waals surface area contributed by atoms with Crippen molar-refractivity contribution in [3.8, 4) is 0 Å². The Kier molecular flexibility index (Phi) is 9.14. The smallest absolute Gasteiger partial charge is 0.138 e. The summed E-state index contributed by atoms with van der Waals surface area (Å²) in [4.78, 5) is 0. The van der Waals surface area contributed by atoms with Gasteiger partial charge in [0.25, 0.3) is 0 Å². The standard InChI is InChI=1S/C7H15O2.Y/c1-5-6-7(2,8-3)9-4;/h5H,6H2,1-4H3;/q-1;. The van der Waals surface area contributed by atoms with E-state index in [0.29, 0.717) is 0 Å². The Balaban J connectivity index is 0. The third kappa shape index (κ3) is 4.78. The van der Waals surface area contributed by atoms with E-state index >= 15 is 0 Å². The van der Waals surface area contributed by atoms with Crippen LogP contribution in [0.4, 0.5) is 0 Å². The molecule has 1 radical (unpaired) electrons. The molecule has 0 aliphatic carbocycles. The van der Waals surface area contributed by atoms with Crippen molar-refractivity contribution in [2.45, 2.75) is 26.1 Å². The first kappa shape index (κ1) is 13.6. The summed E-state index contributed by atoms with van der Waals surface area (Å²) in [6.07, 6.45) is 2.84. The first-order valence-corrected chi connectivity index (χ1v) is 3.06. The summed E-state index contributed by atoms with van der Waals surface area (Å²) in [6, 6.07) is 0. The molecule has 0 aromatic heterocycles. The molecule has 0 saturated carbocycles. The van der Waals surface area contributed by atoms with E-state index < -0.39 is 5.79 Å².